The molecule has 1 aliphatic carbocycles. The summed E-state index contributed by atoms with van der Waals surface area (Å²) in [6.45, 7) is 0.513. The van der Waals surface area contributed by atoms with Crippen molar-refractivity contribution in [3.05, 3.63) is 101 Å². The highest BCUT2D eigenvalue weighted by Crippen LogP contribution is 2.47. The summed E-state index contributed by atoms with van der Waals surface area (Å²) in [6.07, 6.45) is 15.0. The predicted molar refractivity (Wildman–Crippen MR) is 117 cm³/mol. The Hall–Kier alpha value is -3.88. The van der Waals surface area contributed by atoms with Crippen LogP contribution in [0.2, 0.25) is 0 Å². The summed E-state index contributed by atoms with van der Waals surface area (Å²) in [7, 11) is 0. The van der Waals surface area contributed by atoms with Gasteiger partial charge >= 0.3 is 0 Å². The third-order valence-corrected chi connectivity index (χ3v) is 5.16. The van der Waals surface area contributed by atoms with Crippen LogP contribution in [-0.2, 0) is 5.41 Å². The van der Waals surface area contributed by atoms with Crippen molar-refractivity contribution >= 4 is 6.08 Å². The first-order valence-corrected chi connectivity index (χ1v) is 9.40. The van der Waals surface area contributed by atoms with Crippen LogP contribution in [0.3, 0.4) is 0 Å². The Morgan fingerprint density at radius 2 is 1.21 bits per heavy atom. The summed E-state index contributed by atoms with van der Waals surface area (Å²) in [5.74, 6) is 6.51. The van der Waals surface area contributed by atoms with E-state index in [9.17, 15) is 0 Å². The highest BCUT2D eigenvalue weighted by atomic mass is 16.5. The van der Waals surface area contributed by atoms with Gasteiger partial charge in [-0.05, 0) is 46.5 Å². The molecular formula is C27H20O2. The van der Waals surface area contributed by atoms with Crippen molar-refractivity contribution in [2.45, 2.75) is 5.41 Å². The number of terminal acetylenes is 2. The van der Waals surface area contributed by atoms with Crippen LogP contribution in [-0.4, -0.2) is 13.2 Å². The fourth-order valence-corrected chi connectivity index (χ4v) is 3.85. The maximum Gasteiger partial charge on any atom is 0.148 e. The second-order valence-electron chi connectivity index (χ2n) is 6.76. The second kappa shape index (κ2) is 8.01. The number of ether oxygens (including phenoxy) is 2. The van der Waals surface area contributed by atoms with Gasteiger partial charge in [-0.2, -0.15) is 0 Å². The molecule has 0 bridgehead atoms. The van der Waals surface area contributed by atoms with Crippen LogP contribution in [0.1, 0.15) is 22.3 Å². The lowest BCUT2D eigenvalue weighted by atomic mass is 9.71. The average molecular weight is 376 g/mol. The van der Waals surface area contributed by atoms with Crippen LogP contribution < -0.4 is 9.47 Å². The average Bonchev–Trinajstić information content (AvgIpc) is 3.17. The fourth-order valence-electron chi connectivity index (χ4n) is 3.85. The summed E-state index contributed by atoms with van der Waals surface area (Å²) >= 11 is 0. The molecule has 2 heteroatoms. The first-order chi connectivity index (χ1) is 14.3. The fraction of sp³-hybridized carbons (Fsp3) is 0.111. The van der Waals surface area contributed by atoms with Gasteiger partial charge in [-0.25, -0.2) is 0 Å². The van der Waals surface area contributed by atoms with Gasteiger partial charge in [0.15, 0.2) is 0 Å². The smallest absolute Gasteiger partial charge is 0.148 e. The Kier molecular flexibility index (Phi) is 5.10. The number of allylic oxidation sites excluding steroid dienone is 1. The standard InChI is InChI=1S/C27H20O2/c1-3-19-28-24-13-9-22(10-14-24)27(18-17-21-7-5-6-8-26(21)27)23-11-15-25(16-12-23)29-20-4-2/h1-2,5-18H,19-20H2. The minimum absolute atomic E-state index is 0.256. The summed E-state index contributed by atoms with van der Waals surface area (Å²) in [5, 5.41) is 0. The number of fused-ring (bicyclic) bond motifs is 1. The molecule has 29 heavy (non-hydrogen) atoms. The van der Waals surface area contributed by atoms with E-state index < -0.39 is 0 Å². The van der Waals surface area contributed by atoms with Gasteiger partial charge in [0.25, 0.3) is 0 Å². The zero-order valence-electron chi connectivity index (χ0n) is 16.0. The van der Waals surface area contributed by atoms with Crippen molar-refractivity contribution in [2.24, 2.45) is 0 Å². The molecule has 0 atom stereocenters. The van der Waals surface area contributed by atoms with Crippen LogP contribution in [0, 0.1) is 24.7 Å². The van der Waals surface area contributed by atoms with Crippen LogP contribution in [0.4, 0.5) is 0 Å². The Morgan fingerprint density at radius 1 is 0.690 bits per heavy atom. The number of hydrogen-bond donors (Lipinski definition) is 0. The lowest BCUT2D eigenvalue weighted by molar-refractivity contribution is 0.370. The van der Waals surface area contributed by atoms with Crippen molar-refractivity contribution in [1.29, 1.82) is 0 Å². The third kappa shape index (κ3) is 3.38. The van der Waals surface area contributed by atoms with Crippen LogP contribution in [0.25, 0.3) is 6.08 Å². The second-order valence-corrected chi connectivity index (χ2v) is 6.76. The molecule has 0 fully saturated rings. The van der Waals surface area contributed by atoms with Crippen molar-refractivity contribution in [3.63, 3.8) is 0 Å². The molecule has 0 heterocycles. The van der Waals surface area contributed by atoms with E-state index in [1.807, 2.05) is 24.3 Å². The van der Waals surface area contributed by atoms with E-state index in [1.165, 1.54) is 11.1 Å². The first kappa shape index (κ1) is 18.5. The molecule has 4 rings (SSSR count). The predicted octanol–water partition coefficient (Wildman–Crippen LogP) is 5.07. The molecular weight excluding hydrogens is 356 g/mol. The van der Waals surface area contributed by atoms with Crippen molar-refractivity contribution in [1.82, 2.24) is 0 Å². The molecule has 3 aromatic carbocycles. The molecule has 0 unspecified atom stereocenters. The number of rotatable bonds is 6. The lowest BCUT2D eigenvalue weighted by Gasteiger charge is -2.31. The number of hydrogen-bond acceptors (Lipinski definition) is 2. The van der Waals surface area contributed by atoms with Gasteiger partial charge in [0, 0.05) is 0 Å². The Balaban J connectivity index is 1.79. The van der Waals surface area contributed by atoms with Gasteiger partial charge in [0.2, 0.25) is 0 Å². The molecule has 0 saturated heterocycles. The van der Waals surface area contributed by atoms with E-state index in [-0.39, 0.29) is 18.6 Å². The van der Waals surface area contributed by atoms with Crippen LogP contribution in [0.5, 0.6) is 11.5 Å². The molecule has 3 aromatic rings. The van der Waals surface area contributed by atoms with Gasteiger partial charge in [-0.15, -0.1) is 12.8 Å². The van der Waals surface area contributed by atoms with Crippen molar-refractivity contribution in [2.75, 3.05) is 13.2 Å². The minimum Gasteiger partial charge on any atom is -0.481 e. The monoisotopic (exact) mass is 376 g/mol. The molecule has 0 spiro atoms. The Bertz CT molecular complexity index is 1050. The molecule has 0 radical (unpaired) electrons. The topological polar surface area (TPSA) is 18.5 Å². The maximum absolute atomic E-state index is 5.55. The largest absolute Gasteiger partial charge is 0.481 e. The minimum atomic E-state index is -0.383. The normalized spacial score (nSPS) is 13.2. The highest BCUT2D eigenvalue weighted by molar-refractivity contribution is 5.73. The number of benzene rings is 3. The van der Waals surface area contributed by atoms with Gasteiger partial charge in [-0.3, -0.25) is 0 Å². The molecule has 2 nitrogen and oxygen atoms in total. The summed E-state index contributed by atoms with van der Waals surface area (Å²) in [5.41, 5.74) is 4.39. The molecule has 0 saturated carbocycles. The summed E-state index contributed by atoms with van der Waals surface area (Å²) < 4.78 is 11.1. The van der Waals surface area contributed by atoms with E-state index >= 15 is 0 Å². The van der Waals surface area contributed by atoms with Gasteiger partial charge in [0.05, 0.1) is 5.41 Å². The Morgan fingerprint density at radius 3 is 1.72 bits per heavy atom. The zero-order valence-corrected chi connectivity index (χ0v) is 16.0. The van der Waals surface area contributed by atoms with E-state index in [2.05, 4.69) is 72.5 Å². The summed E-state index contributed by atoms with van der Waals surface area (Å²) in [4.78, 5) is 0. The van der Waals surface area contributed by atoms with Crippen molar-refractivity contribution < 1.29 is 9.47 Å². The highest BCUT2D eigenvalue weighted by Gasteiger charge is 2.38. The van der Waals surface area contributed by atoms with Crippen molar-refractivity contribution in [3.8, 4) is 36.2 Å². The van der Waals surface area contributed by atoms with Gasteiger partial charge in [0.1, 0.15) is 24.7 Å². The van der Waals surface area contributed by atoms with Gasteiger partial charge in [-0.1, -0.05) is 72.5 Å². The first-order valence-electron chi connectivity index (χ1n) is 9.40. The molecule has 0 amide bonds. The molecule has 1 aliphatic rings. The van der Waals surface area contributed by atoms with Crippen LogP contribution >= 0.6 is 0 Å². The zero-order chi connectivity index (χ0) is 20.1. The molecule has 140 valence electrons. The molecule has 0 aliphatic heterocycles. The van der Waals surface area contributed by atoms with Crippen LogP contribution in [0.15, 0.2) is 78.9 Å². The quantitative estimate of drug-likeness (QED) is 0.559. The maximum atomic E-state index is 5.55. The molecule has 0 aromatic heterocycles. The summed E-state index contributed by atoms with van der Waals surface area (Å²) in [6, 6.07) is 24.7. The third-order valence-electron chi connectivity index (χ3n) is 5.16. The van der Waals surface area contributed by atoms with E-state index in [0.29, 0.717) is 0 Å². The van der Waals surface area contributed by atoms with E-state index in [4.69, 9.17) is 22.3 Å². The SMILES string of the molecule is C#CCOc1ccc(C2(c3ccc(OCC#C)cc3)C=Cc3ccccc32)cc1. The van der Waals surface area contributed by atoms with Gasteiger partial charge < -0.3 is 9.47 Å². The molecule has 0 N–H and O–H groups in total. The van der Waals surface area contributed by atoms with E-state index in [0.717, 1.165) is 22.6 Å². The lowest BCUT2D eigenvalue weighted by Crippen LogP contribution is -2.25. The van der Waals surface area contributed by atoms with E-state index in [1.54, 1.807) is 0 Å². The Labute approximate surface area is 171 Å².